The van der Waals surface area contributed by atoms with Crippen LogP contribution in [0.25, 0.3) is 102 Å². The molecule has 10 aromatic rings. The summed E-state index contributed by atoms with van der Waals surface area (Å²) in [5, 5.41) is 0. The van der Waals surface area contributed by atoms with E-state index in [4.69, 9.17) is 44.9 Å². The molecule has 0 saturated carbocycles. The standard InChI is InChI=1S/C59H49N9/c1-58(2,3)45-23-19-38(20-24-45)55-66-56(39-21-25-46(26-22-39)59(4,5)6)68-57(67-55)44-32-40(42-34-51(47-15-7-11-27-60-47)64-52(35-42)48-16-8-12-28-61-48)31-41(33-44)43-36-53(49-17-9-13-29-62-49)65-54(37-43)50-18-10-14-30-63-50/h7-37H,1-6H3. The zero-order valence-electron chi connectivity index (χ0n) is 38.9. The van der Waals surface area contributed by atoms with Crippen LogP contribution < -0.4 is 0 Å². The third-order valence-corrected chi connectivity index (χ3v) is 11.9. The largest absolute Gasteiger partial charge is 0.255 e. The number of rotatable bonds is 9. The van der Waals surface area contributed by atoms with E-state index >= 15 is 0 Å². The predicted molar refractivity (Wildman–Crippen MR) is 273 cm³/mol. The number of aromatic nitrogens is 9. The lowest BCUT2D eigenvalue weighted by molar-refractivity contribution is 0.590. The maximum atomic E-state index is 5.29. The third-order valence-electron chi connectivity index (χ3n) is 11.9. The van der Waals surface area contributed by atoms with E-state index in [0.717, 1.165) is 84.5 Å². The van der Waals surface area contributed by atoms with Gasteiger partial charge in [0.1, 0.15) is 0 Å². The van der Waals surface area contributed by atoms with Crippen molar-refractivity contribution in [3.05, 3.63) is 200 Å². The fraction of sp³-hybridized carbons (Fsp3) is 0.136. The summed E-state index contributed by atoms with van der Waals surface area (Å²) in [7, 11) is 0. The fourth-order valence-electron chi connectivity index (χ4n) is 8.07. The average Bonchev–Trinajstić information content (AvgIpc) is 3.38. The van der Waals surface area contributed by atoms with Crippen LogP contribution >= 0.6 is 0 Å². The summed E-state index contributed by atoms with van der Waals surface area (Å²) in [6.07, 6.45) is 7.14. The summed E-state index contributed by atoms with van der Waals surface area (Å²) in [6.45, 7) is 13.3. The molecule has 0 amide bonds. The van der Waals surface area contributed by atoms with Crippen LogP contribution in [-0.4, -0.2) is 44.9 Å². The molecule has 0 N–H and O–H groups in total. The van der Waals surface area contributed by atoms with E-state index in [2.05, 4.69) is 133 Å². The number of benzene rings is 3. The molecule has 3 aromatic carbocycles. The Labute approximate surface area is 397 Å². The summed E-state index contributed by atoms with van der Waals surface area (Å²) in [5.74, 6) is 1.69. The van der Waals surface area contributed by atoms with Crippen LogP contribution in [0.2, 0.25) is 0 Å². The molecule has 7 heterocycles. The smallest absolute Gasteiger partial charge is 0.164 e. The second kappa shape index (κ2) is 18.1. The van der Waals surface area contributed by atoms with Gasteiger partial charge in [-0.1, -0.05) is 114 Å². The van der Waals surface area contributed by atoms with Crippen LogP contribution in [0.1, 0.15) is 52.7 Å². The normalized spacial score (nSPS) is 11.7. The van der Waals surface area contributed by atoms with Gasteiger partial charge in [0.05, 0.1) is 45.6 Å². The molecule has 0 atom stereocenters. The Morgan fingerprint density at radius 3 is 0.809 bits per heavy atom. The Morgan fingerprint density at radius 1 is 0.250 bits per heavy atom. The predicted octanol–water partition coefficient (Wildman–Crippen LogP) is 13.8. The van der Waals surface area contributed by atoms with Gasteiger partial charge in [-0.15, -0.1) is 0 Å². The zero-order chi connectivity index (χ0) is 46.8. The Bertz CT molecular complexity index is 3030. The summed E-state index contributed by atoms with van der Waals surface area (Å²) in [6, 6.07) is 55.4. The van der Waals surface area contributed by atoms with Gasteiger partial charge >= 0.3 is 0 Å². The molecule has 0 spiro atoms. The molecular weight excluding hydrogens is 835 g/mol. The maximum Gasteiger partial charge on any atom is 0.164 e. The minimum absolute atomic E-state index is 0.0146. The SMILES string of the molecule is CC(C)(C)c1ccc(-c2nc(-c3ccc(C(C)(C)C)cc3)nc(-c3cc(-c4cc(-c5ccccn5)nc(-c5ccccn5)c4)cc(-c4cc(-c5ccccn5)nc(-c5ccccn5)c4)c3)n2)cc1. The first-order valence-electron chi connectivity index (χ1n) is 22.8. The van der Waals surface area contributed by atoms with Gasteiger partial charge in [0, 0.05) is 41.5 Å². The Kier molecular flexibility index (Phi) is 11.6. The number of pyridine rings is 6. The van der Waals surface area contributed by atoms with Crippen molar-refractivity contribution in [2.24, 2.45) is 0 Å². The van der Waals surface area contributed by atoms with Crippen molar-refractivity contribution in [3.8, 4) is 102 Å². The number of nitrogens with zero attached hydrogens (tertiary/aromatic N) is 9. The fourth-order valence-corrected chi connectivity index (χ4v) is 8.07. The van der Waals surface area contributed by atoms with Gasteiger partial charge in [0.15, 0.2) is 17.5 Å². The molecule has 68 heavy (non-hydrogen) atoms. The van der Waals surface area contributed by atoms with E-state index in [0.29, 0.717) is 17.5 Å². The van der Waals surface area contributed by atoms with Crippen molar-refractivity contribution >= 4 is 0 Å². The Morgan fingerprint density at radius 2 is 0.529 bits per heavy atom. The van der Waals surface area contributed by atoms with Gasteiger partial charge in [-0.25, -0.2) is 24.9 Å². The van der Waals surface area contributed by atoms with Gasteiger partial charge in [0.25, 0.3) is 0 Å². The monoisotopic (exact) mass is 883 g/mol. The molecule has 9 heteroatoms. The zero-order valence-corrected chi connectivity index (χ0v) is 38.9. The van der Waals surface area contributed by atoms with E-state index in [1.54, 1.807) is 24.8 Å². The molecule has 0 unspecified atom stereocenters. The molecule has 10 rings (SSSR count). The van der Waals surface area contributed by atoms with Crippen LogP contribution in [0, 0.1) is 0 Å². The second-order valence-corrected chi connectivity index (χ2v) is 18.9. The summed E-state index contributed by atoms with van der Waals surface area (Å²) < 4.78 is 0. The molecule has 0 aliphatic carbocycles. The Balaban J connectivity index is 1.23. The molecule has 0 aliphatic rings. The molecule has 0 saturated heterocycles. The van der Waals surface area contributed by atoms with E-state index < -0.39 is 0 Å². The highest BCUT2D eigenvalue weighted by atomic mass is 15.0. The van der Waals surface area contributed by atoms with E-state index in [1.165, 1.54) is 11.1 Å². The second-order valence-electron chi connectivity index (χ2n) is 18.9. The van der Waals surface area contributed by atoms with Crippen molar-refractivity contribution in [1.82, 2.24) is 44.9 Å². The molecule has 0 radical (unpaired) electrons. The first-order valence-corrected chi connectivity index (χ1v) is 22.8. The van der Waals surface area contributed by atoms with Crippen molar-refractivity contribution in [2.75, 3.05) is 0 Å². The van der Waals surface area contributed by atoms with Crippen molar-refractivity contribution < 1.29 is 0 Å². The highest BCUT2D eigenvalue weighted by Crippen LogP contribution is 2.38. The molecular formula is C59H49N9. The number of hydrogen-bond donors (Lipinski definition) is 0. The highest BCUT2D eigenvalue weighted by Gasteiger charge is 2.20. The maximum absolute atomic E-state index is 5.29. The van der Waals surface area contributed by atoms with Crippen LogP contribution in [0.4, 0.5) is 0 Å². The molecule has 0 aliphatic heterocycles. The lowest BCUT2D eigenvalue weighted by atomic mass is 9.86. The van der Waals surface area contributed by atoms with E-state index in [-0.39, 0.29) is 10.8 Å². The first kappa shape index (κ1) is 43.5. The highest BCUT2D eigenvalue weighted by molar-refractivity contribution is 5.85. The molecule has 7 aromatic heterocycles. The summed E-state index contributed by atoms with van der Waals surface area (Å²) in [5.41, 5.74) is 14.5. The van der Waals surface area contributed by atoms with Gasteiger partial charge < -0.3 is 0 Å². The van der Waals surface area contributed by atoms with Crippen molar-refractivity contribution in [3.63, 3.8) is 0 Å². The summed E-state index contributed by atoms with van der Waals surface area (Å²) in [4.78, 5) is 44.8. The van der Waals surface area contributed by atoms with Crippen LogP contribution in [-0.2, 0) is 10.8 Å². The quantitative estimate of drug-likeness (QED) is 0.140. The lowest BCUT2D eigenvalue weighted by Gasteiger charge is -2.19. The van der Waals surface area contributed by atoms with Crippen molar-refractivity contribution in [2.45, 2.75) is 52.4 Å². The summed E-state index contributed by atoms with van der Waals surface area (Å²) >= 11 is 0. The van der Waals surface area contributed by atoms with E-state index in [1.807, 2.05) is 72.8 Å². The molecule has 9 nitrogen and oxygen atoms in total. The minimum atomic E-state index is -0.0146. The Hall–Kier alpha value is -8.43. The third kappa shape index (κ3) is 9.46. The van der Waals surface area contributed by atoms with Crippen LogP contribution in [0.3, 0.4) is 0 Å². The van der Waals surface area contributed by atoms with Gasteiger partial charge in [-0.3, -0.25) is 19.9 Å². The lowest BCUT2D eigenvalue weighted by Crippen LogP contribution is -2.10. The topological polar surface area (TPSA) is 116 Å². The minimum Gasteiger partial charge on any atom is -0.255 e. The van der Waals surface area contributed by atoms with E-state index in [9.17, 15) is 0 Å². The molecule has 0 bridgehead atoms. The van der Waals surface area contributed by atoms with Crippen LogP contribution in [0.5, 0.6) is 0 Å². The van der Waals surface area contributed by atoms with Gasteiger partial charge in [0.2, 0.25) is 0 Å². The molecule has 0 fully saturated rings. The average molecular weight is 884 g/mol. The number of hydrogen-bond acceptors (Lipinski definition) is 9. The van der Waals surface area contributed by atoms with Gasteiger partial charge in [-0.2, -0.15) is 0 Å². The van der Waals surface area contributed by atoms with Crippen LogP contribution in [0.15, 0.2) is 189 Å². The first-order chi connectivity index (χ1) is 32.9. The van der Waals surface area contributed by atoms with Gasteiger partial charge in [-0.05, 0) is 135 Å². The van der Waals surface area contributed by atoms with Crippen molar-refractivity contribution in [1.29, 1.82) is 0 Å². The molecule has 330 valence electrons.